The highest BCUT2D eigenvalue weighted by Crippen LogP contribution is 2.23. The molecule has 1 nitrogen and oxygen atoms in total. The molecule has 112 valence electrons. The second-order valence-electron chi connectivity index (χ2n) is 5.28. The second kappa shape index (κ2) is 8.43. The van der Waals surface area contributed by atoms with Crippen LogP contribution in [0, 0.1) is 0 Å². The van der Waals surface area contributed by atoms with E-state index in [2.05, 4.69) is 36.5 Å². The number of halogens is 2. The quantitative estimate of drug-likeness (QED) is 0.680. The van der Waals surface area contributed by atoms with Crippen molar-refractivity contribution in [2.24, 2.45) is 0 Å². The van der Waals surface area contributed by atoms with Gasteiger partial charge in [0, 0.05) is 22.5 Å². The van der Waals surface area contributed by atoms with Crippen molar-refractivity contribution in [3.63, 3.8) is 0 Å². The average Bonchev–Trinajstić information content (AvgIpc) is 2.49. The fourth-order valence-electron chi connectivity index (χ4n) is 2.40. The number of hydrogen-bond acceptors (Lipinski definition) is 1. The molecule has 0 bridgehead atoms. The van der Waals surface area contributed by atoms with Crippen LogP contribution in [0.2, 0.25) is 10.0 Å². The van der Waals surface area contributed by atoms with Crippen LogP contribution >= 0.6 is 23.2 Å². The summed E-state index contributed by atoms with van der Waals surface area (Å²) in [5, 5.41) is 5.09. The zero-order valence-electron chi connectivity index (χ0n) is 12.3. The van der Waals surface area contributed by atoms with Gasteiger partial charge in [0.2, 0.25) is 0 Å². The van der Waals surface area contributed by atoms with Gasteiger partial charge < -0.3 is 5.32 Å². The first-order valence-corrected chi connectivity index (χ1v) is 8.15. The molecule has 2 aromatic carbocycles. The van der Waals surface area contributed by atoms with Crippen LogP contribution in [-0.2, 0) is 6.42 Å². The molecular formula is C18H21Cl2N. The number of rotatable bonds is 7. The highest BCUT2D eigenvalue weighted by molar-refractivity contribution is 6.30. The average molecular weight is 322 g/mol. The Kier molecular flexibility index (Phi) is 6.56. The summed E-state index contributed by atoms with van der Waals surface area (Å²) in [6.07, 6.45) is 2.14. The lowest BCUT2D eigenvalue weighted by Crippen LogP contribution is -2.23. The molecule has 0 heterocycles. The third-order valence-corrected chi connectivity index (χ3v) is 4.06. The van der Waals surface area contributed by atoms with Crippen LogP contribution in [0.25, 0.3) is 0 Å². The minimum absolute atomic E-state index is 0.440. The van der Waals surface area contributed by atoms with E-state index in [1.54, 1.807) is 0 Å². The summed E-state index contributed by atoms with van der Waals surface area (Å²) < 4.78 is 0. The molecule has 0 spiro atoms. The molecule has 1 N–H and O–H groups in total. The first-order valence-electron chi connectivity index (χ1n) is 7.39. The van der Waals surface area contributed by atoms with Crippen molar-refractivity contribution in [1.82, 2.24) is 5.32 Å². The maximum Gasteiger partial charge on any atom is 0.0406 e. The van der Waals surface area contributed by atoms with E-state index in [1.807, 2.05) is 24.3 Å². The number of hydrogen-bond donors (Lipinski definition) is 1. The number of benzene rings is 2. The molecule has 1 unspecified atom stereocenters. The summed E-state index contributed by atoms with van der Waals surface area (Å²) in [6, 6.07) is 16.3. The smallest absolute Gasteiger partial charge is 0.0406 e. The Labute approximate surface area is 137 Å². The van der Waals surface area contributed by atoms with Gasteiger partial charge in [-0.05, 0) is 54.8 Å². The lowest BCUT2D eigenvalue weighted by Gasteiger charge is -2.18. The van der Waals surface area contributed by atoms with Crippen LogP contribution in [0.4, 0.5) is 0 Å². The standard InChI is InChI=1S/C18H21Cl2N/c1-2-11-21-13-16(15-5-9-18(20)10-6-15)12-14-3-7-17(19)8-4-14/h3-10,16,21H,2,11-13H2,1H3. The van der Waals surface area contributed by atoms with Gasteiger partial charge in [0.15, 0.2) is 0 Å². The van der Waals surface area contributed by atoms with E-state index >= 15 is 0 Å². The van der Waals surface area contributed by atoms with Crippen molar-refractivity contribution < 1.29 is 0 Å². The Morgan fingerprint density at radius 2 is 1.48 bits per heavy atom. The van der Waals surface area contributed by atoms with Crippen LogP contribution < -0.4 is 5.32 Å². The third-order valence-electron chi connectivity index (χ3n) is 3.55. The van der Waals surface area contributed by atoms with E-state index in [1.165, 1.54) is 11.1 Å². The Balaban J connectivity index is 2.11. The van der Waals surface area contributed by atoms with Crippen LogP contribution in [0.15, 0.2) is 48.5 Å². The molecule has 0 saturated carbocycles. The first-order chi connectivity index (χ1) is 10.2. The van der Waals surface area contributed by atoms with Crippen LogP contribution in [0.1, 0.15) is 30.4 Å². The van der Waals surface area contributed by atoms with Gasteiger partial charge in [-0.25, -0.2) is 0 Å². The third kappa shape index (κ3) is 5.35. The molecule has 0 aliphatic carbocycles. The molecular weight excluding hydrogens is 301 g/mol. The molecule has 2 rings (SSSR count). The maximum absolute atomic E-state index is 5.99. The Morgan fingerprint density at radius 1 is 0.905 bits per heavy atom. The largest absolute Gasteiger partial charge is 0.316 e. The van der Waals surface area contributed by atoms with Crippen LogP contribution in [0.3, 0.4) is 0 Å². The van der Waals surface area contributed by atoms with Gasteiger partial charge in [0.05, 0.1) is 0 Å². The highest BCUT2D eigenvalue weighted by atomic mass is 35.5. The minimum atomic E-state index is 0.440. The van der Waals surface area contributed by atoms with Gasteiger partial charge >= 0.3 is 0 Å². The Morgan fingerprint density at radius 3 is 2.05 bits per heavy atom. The highest BCUT2D eigenvalue weighted by Gasteiger charge is 2.12. The molecule has 0 aromatic heterocycles. The second-order valence-corrected chi connectivity index (χ2v) is 6.16. The summed E-state index contributed by atoms with van der Waals surface area (Å²) in [5.74, 6) is 0.440. The summed E-state index contributed by atoms with van der Waals surface area (Å²) >= 11 is 11.9. The van der Waals surface area contributed by atoms with Crippen LogP contribution in [0.5, 0.6) is 0 Å². The van der Waals surface area contributed by atoms with Gasteiger partial charge in [-0.2, -0.15) is 0 Å². The van der Waals surface area contributed by atoms with Crippen molar-refractivity contribution in [1.29, 1.82) is 0 Å². The lowest BCUT2D eigenvalue weighted by molar-refractivity contribution is 0.576. The fraction of sp³-hybridized carbons (Fsp3) is 0.333. The monoisotopic (exact) mass is 321 g/mol. The molecule has 0 saturated heterocycles. The van der Waals surface area contributed by atoms with E-state index in [9.17, 15) is 0 Å². The SMILES string of the molecule is CCCNCC(Cc1ccc(Cl)cc1)c1ccc(Cl)cc1. The van der Waals surface area contributed by atoms with Crippen LogP contribution in [-0.4, -0.2) is 13.1 Å². The van der Waals surface area contributed by atoms with Crippen molar-refractivity contribution in [2.45, 2.75) is 25.7 Å². The van der Waals surface area contributed by atoms with Gasteiger partial charge in [-0.3, -0.25) is 0 Å². The number of nitrogens with one attached hydrogen (secondary N) is 1. The molecule has 0 radical (unpaired) electrons. The molecule has 0 aliphatic heterocycles. The minimum Gasteiger partial charge on any atom is -0.316 e. The van der Waals surface area contributed by atoms with Crippen molar-refractivity contribution in [3.8, 4) is 0 Å². The van der Waals surface area contributed by atoms with Crippen molar-refractivity contribution in [2.75, 3.05) is 13.1 Å². The van der Waals surface area contributed by atoms with E-state index < -0.39 is 0 Å². The molecule has 2 aromatic rings. The summed E-state index contributed by atoms with van der Waals surface area (Å²) in [5.41, 5.74) is 2.62. The molecule has 0 aliphatic rings. The maximum atomic E-state index is 5.99. The Hall–Kier alpha value is -1.02. The van der Waals surface area contributed by atoms with Gasteiger partial charge in [-0.15, -0.1) is 0 Å². The molecule has 21 heavy (non-hydrogen) atoms. The van der Waals surface area contributed by atoms with Gasteiger partial charge in [0.25, 0.3) is 0 Å². The van der Waals surface area contributed by atoms with E-state index in [-0.39, 0.29) is 0 Å². The fourth-order valence-corrected chi connectivity index (χ4v) is 2.65. The summed E-state index contributed by atoms with van der Waals surface area (Å²) in [4.78, 5) is 0. The van der Waals surface area contributed by atoms with Gasteiger partial charge in [-0.1, -0.05) is 54.4 Å². The zero-order chi connectivity index (χ0) is 15.1. The van der Waals surface area contributed by atoms with E-state index in [0.29, 0.717) is 5.92 Å². The van der Waals surface area contributed by atoms with Gasteiger partial charge in [0.1, 0.15) is 0 Å². The van der Waals surface area contributed by atoms with E-state index in [0.717, 1.165) is 36.0 Å². The molecule has 0 fully saturated rings. The topological polar surface area (TPSA) is 12.0 Å². The predicted molar refractivity (Wildman–Crippen MR) is 92.5 cm³/mol. The molecule has 0 amide bonds. The zero-order valence-corrected chi connectivity index (χ0v) is 13.8. The van der Waals surface area contributed by atoms with E-state index in [4.69, 9.17) is 23.2 Å². The van der Waals surface area contributed by atoms with Crippen molar-refractivity contribution >= 4 is 23.2 Å². The predicted octanol–water partition coefficient (Wildman–Crippen LogP) is 5.32. The molecule has 1 atom stereocenters. The summed E-state index contributed by atoms with van der Waals surface area (Å²) in [6.45, 7) is 4.20. The van der Waals surface area contributed by atoms with Crippen molar-refractivity contribution in [3.05, 3.63) is 69.7 Å². The lowest BCUT2D eigenvalue weighted by atomic mass is 9.92. The Bertz CT molecular complexity index is 534. The normalized spacial score (nSPS) is 12.3. The molecule has 3 heteroatoms. The first kappa shape index (κ1) is 16.4. The summed E-state index contributed by atoms with van der Waals surface area (Å²) in [7, 11) is 0.